The van der Waals surface area contributed by atoms with E-state index in [2.05, 4.69) is 4.72 Å². The third-order valence-corrected chi connectivity index (χ3v) is 8.61. The van der Waals surface area contributed by atoms with Gasteiger partial charge < -0.3 is 0 Å². The Labute approximate surface area is 174 Å². The fourth-order valence-electron chi connectivity index (χ4n) is 3.56. The Bertz CT molecular complexity index is 1000. The van der Waals surface area contributed by atoms with E-state index in [0.717, 1.165) is 31.2 Å². The van der Waals surface area contributed by atoms with Gasteiger partial charge in [0, 0.05) is 19.6 Å². The topological polar surface area (TPSA) is 83.5 Å². The van der Waals surface area contributed by atoms with Crippen LogP contribution in [0.2, 0.25) is 0 Å². The van der Waals surface area contributed by atoms with Crippen molar-refractivity contribution >= 4 is 20.0 Å². The monoisotopic (exact) mass is 436 g/mol. The number of unbranched alkanes of at least 4 members (excludes halogenated alkanes) is 1. The molecule has 29 heavy (non-hydrogen) atoms. The number of benzene rings is 2. The quantitative estimate of drug-likeness (QED) is 0.644. The molecule has 158 valence electrons. The molecular formula is C21H28N2O4S2. The Morgan fingerprint density at radius 1 is 0.966 bits per heavy atom. The second-order valence-corrected chi connectivity index (χ2v) is 11.0. The minimum absolute atomic E-state index is 0.0772. The van der Waals surface area contributed by atoms with Gasteiger partial charge in [-0.05, 0) is 55.0 Å². The molecule has 0 radical (unpaired) electrons. The van der Waals surface area contributed by atoms with E-state index in [9.17, 15) is 16.8 Å². The van der Waals surface area contributed by atoms with Crippen molar-refractivity contribution in [2.75, 3.05) is 19.6 Å². The fourth-order valence-corrected chi connectivity index (χ4v) is 6.16. The van der Waals surface area contributed by atoms with Gasteiger partial charge in [0.25, 0.3) is 0 Å². The molecule has 2 aromatic rings. The highest BCUT2D eigenvalue weighted by molar-refractivity contribution is 7.89. The van der Waals surface area contributed by atoms with Crippen molar-refractivity contribution < 1.29 is 16.8 Å². The van der Waals surface area contributed by atoms with Crippen molar-refractivity contribution in [3.63, 3.8) is 0 Å². The van der Waals surface area contributed by atoms with Crippen LogP contribution < -0.4 is 4.72 Å². The number of piperidine rings is 1. The van der Waals surface area contributed by atoms with Gasteiger partial charge in [-0.2, -0.15) is 4.31 Å². The third-order valence-electron chi connectivity index (χ3n) is 5.25. The van der Waals surface area contributed by atoms with Crippen LogP contribution in [0.3, 0.4) is 0 Å². The lowest BCUT2D eigenvalue weighted by Gasteiger charge is -2.32. The number of rotatable bonds is 8. The molecule has 0 amide bonds. The molecule has 0 spiro atoms. The highest BCUT2D eigenvalue weighted by Gasteiger charge is 2.31. The first kappa shape index (κ1) is 22.0. The van der Waals surface area contributed by atoms with Crippen LogP contribution in [0.15, 0.2) is 64.4 Å². The smallest absolute Gasteiger partial charge is 0.211 e. The third kappa shape index (κ3) is 5.25. The molecule has 3 rings (SSSR count). The Kier molecular flexibility index (Phi) is 7.10. The standard InChI is InChI=1S/C21H28N2O4S2/c1-2-3-15-22-28(24,25)20-11-13-21(14-12-20)29(26,27)23-16-7-10-19(17-23)18-8-5-4-6-9-18/h4-6,8-9,11-14,19,22H,2-3,7,10,15-17H2,1H3/t19-/m0/s1. The SMILES string of the molecule is CCCCNS(=O)(=O)c1ccc(S(=O)(=O)N2CCC[C@H](c3ccccc3)C2)cc1. The van der Waals surface area contributed by atoms with Gasteiger partial charge in [0.15, 0.2) is 0 Å². The summed E-state index contributed by atoms with van der Waals surface area (Å²) in [6.07, 6.45) is 3.39. The van der Waals surface area contributed by atoms with Gasteiger partial charge in [0.2, 0.25) is 20.0 Å². The highest BCUT2D eigenvalue weighted by Crippen LogP contribution is 2.30. The average molecular weight is 437 g/mol. The Morgan fingerprint density at radius 3 is 2.28 bits per heavy atom. The molecule has 2 aromatic carbocycles. The second-order valence-electron chi connectivity index (χ2n) is 7.34. The summed E-state index contributed by atoms with van der Waals surface area (Å²) in [5.74, 6) is 0.169. The molecule has 0 saturated carbocycles. The summed E-state index contributed by atoms with van der Waals surface area (Å²) in [6.45, 7) is 3.26. The molecule has 0 aromatic heterocycles. The van der Waals surface area contributed by atoms with E-state index in [1.807, 2.05) is 37.3 Å². The molecule has 1 aliphatic rings. The van der Waals surface area contributed by atoms with Crippen molar-refractivity contribution in [2.45, 2.75) is 48.3 Å². The lowest BCUT2D eigenvalue weighted by Crippen LogP contribution is -2.39. The maximum Gasteiger partial charge on any atom is 0.243 e. The van der Waals surface area contributed by atoms with Crippen molar-refractivity contribution in [1.82, 2.24) is 9.03 Å². The van der Waals surface area contributed by atoms with Crippen LogP contribution in [0.1, 0.15) is 44.1 Å². The first-order valence-electron chi connectivity index (χ1n) is 9.99. The molecule has 1 fully saturated rings. The van der Waals surface area contributed by atoms with Crippen LogP contribution in [0, 0.1) is 0 Å². The molecule has 1 saturated heterocycles. The first-order valence-corrected chi connectivity index (χ1v) is 12.9. The molecule has 1 N–H and O–H groups in total. The van der Waals surface area contributed by atoms with Gasteiger partial charge in [-0.25, -0.2) is 21.6 Å². The molecule has 0 unspecified atom stereocenters. The van der Waals surface area contributed by atoms with E-state index >= 15 is 0 Å². The van der Waals surface area contributed by atoms with Gasteiger partial charge in [0.05, 0.1) is 9.79 Å². The van der Waals surface area contributed by atoms with Gasteiger partial charge in [-0.15, -0.1) is 0 Å². The molecule has 0 bridgehead atoms. The predicted molar refractivity (Wildman–Crippen MR) is 114 cm³/mol. The molecule has 8 heteroatoms. The van der Waals surface area contributed by atoms with Crippen LogP contribution in [0.25, 0.3) is 0 Å². The van der Waals surface area contributed by atoms with Crippen molar-refractivity contribution in [2.24, 2.45) is 0 Å². The van der Waals surface area contributed by atoms with Crippen molar-refractivity contribution in [3.8, 4) is 0 Å². The van der Waals surface area contributed by atoms with E-state index < -0.39 is 20.0 Å². The minimum Gasteiger partial charge on any atom is -0.211 e. The van der Waals surface area contributed by atoms with Crippen LogP contribution in [-0.4, -0.2) is 40.8 Å². The van der Waals surface area contributed by atoms with Crippen LogP contribution in [-0.2, 0) is 20.0 Å². The molecule has 0 aliphatic carbocycles. The zero-order valence-electron chi connectivity index (χ0n) is 16.6. The molecule has 1 atom stereocenters. The average Bonchev–Trinajstić information content (AvgIpc) is 2.75. The van der Waals surface area contributed by atoms with E-state index in [0.29, 0.717) is 19.6 Å². The van der Waals surface area contributed by atoms with Crippen LogP contribution in [0.4, 0.5) is 0 Å². The minimum atomic E-state index is -3.67. The molecule has 1 aliphatic heterocycles. The van der Waals surface area contributed by atoms with Gasteiger partial charge in [0.1, 0.15) is 0 Å². The van der Waals surface area contributed by atoms with Crippen molar-refractivity contribution in [3.05, 3.63) is 60.2 Å². The normalized spacial score (nSPS) is 18.6. The Balaban J connectivity index is 1.75. The second kappa shape index (κ2) is 9.38. The summed E-state index contributed by atoms with van der Waals surface area (Å²) in [6, 6.07) is 15.4. The summed E-state index contributed by atoms with van der Waals surface area (Å²) < 4.78 is 54.8. The van der Waals surface area contributed by atoms with Gasteiger partial charge >= 0.3 is 0 Å². The first-order chi connectivity index (χ1) is 13.8. The maximum absolute atomic E-state index is 13.1. The Hall–Kier alpha value is -1.74. The van der Waals surface area contributed by atoms with Gasteiger partial charge in [-0.1, -0.05) is 43.7 Å². The van der Waals surface area contributed by atoms with Crippen molar-refractivity contribution in [1.29, 1.82) is 0 Å². The summed E-state index contributed by atoms with van der Waals surface area (Å²) in [5.41, 5.74) is 1.15. The number of hydrogen-bond donors (Lipinski definition) is 1. The zero-order valence-corrected chi connectivity index (χ0v) is 18.3. The highest BCUT2D eigenvalue weighted by atomic mass is 32.2. The van der Waals surface area contributed by atoms with Crippen LogP contribution in [0.5, 0.6) is 0 Å². The lowest BCUT2D eigenvalue weighted by molar-refractivity contribution is 0.315. The number of nitrogens with one attached hydrogen (secondary N) is 1. The number of sulfonamides is 2. The predicted octanol–water partition coefficient (Wildman–Crippen LogP) is 3.33. The number of nitrogens with zero attached hydrogens (tertiary/aromatic N) is 1. The molecule has 1 heterocycles. The van der Waals surface area contributed by atoms with E-state index in [4.69, 9.17) is 0 Å². The Morgan fingerprint density at radius 2 is 1.62 bits per heavy atom. The summed E-state index contributed by atoms with van der Waals surface area (Å²) in [7, 11) is -7.29. The van der Waals surface area contributed by atoms with E-state index in [1.165, 1.54) is 28.6 Å². The van der Waals surface area contributed by atoms with Gasteiger partial charge in [-0.3, -0.25) is 0 Å². The van der Waals surface area contributed by atoms with Crippen LogP contribution >= 0.6 is 0 Å². The summed E-state index contributed by atoms with van der Waals surface area (Å²) in [4.78, 5) is 0.201. The number of hydrogen-bond acceptors (Lipinski definition) is 4. The van der Waals surface area contributed by atoms with E-state index in [-0.39, 0.29) is 15.7 Å². The zero-order chi connectivity index (χ0) is 20.9. The molecular weight excluding hydrogens is 408 g/mol. The largest absolute Gasteiger partial charge is 0.243 e. The van der Waals surface area contributed by atoms with E-state index in [1.54, 1.807) is 0 Å². The summed E-state index contributed by atoms with van der Waals surface area (Å²) >= 11 is 0. The lowest BCUT2D eigenvalue weighted by atomic mass is 9.92. The summed E-state index contributed by atoms with van der Waals surface area (Å²) in [5, 5.41) is 0. The molecule has 6 nitrogen and oxygen atoms in total. The maximum atomic E-state index is 13.1. The fraction of sp³-hybridized carbons (Fsp3) is 0.429.